The van der Waals surface area contributed by atoms with E-state index in [0.717, 1.165) is 10.0 Å². The van der Waals surface area contributed by atoms with Crippen molar-refractivity contribution >= 4 is 15.9 Å². The van der Waals surface area contributed by atoms with Crippen molar-refractivity contribution in [3.8, 4) is 0 Å². The Bertz CT molecular complexity index is 521. The molecule has 0 aromatic carbocycles. The first-order chi connectivity index (χ1) is 8.65. The summed E-state index contributed by atoms with van der Waals surface area (Å²) in [6.07, 6.45) is 2.47. The molecule has 1 N–H and O–H groups in total. The van der Waals surface area contributed by atoms with Crippen LogP contribution in [-0.2, 0) is 11.3 Å². The van der Waals surface area contributed by atoms with Gasteiger partial charge in [0.15, 0.2) is 0 Å². The molecule has 18 heavy (non-hydrogen) atoms. The van der Waals surface area contributed by atoms with Crippen molar-refractivity contribution in [1.82, 2.24) is 9.78 Å². The number of rotatable bonds is 5. The molecule has 0 aliphatic rings. The molecule has 0 aliphatic carbocycles. The van der Waals surface area contributed by atoms with Gasteiger partial charge in [0.05, 0.1) is 35.8 Å². The first-order valence-corrected chi connectivity index (χ1v) is 6.36. The van der Waals surface area contributed by atoms with Crippen molar-refractivity contribution in [3.05, 3.63) is 40.0 Å². The Morgan fingerprint density at radius 1 is 1.61 bits per heavy atom. The maximum Gasteiger partial charge on any atom is 0.125 e. The van der Waals surface area contributed by atoms with E-state index in [1.807, 2.05) is 6.92 Å². The van der Waals surface area contributed by atoms with E-state index in [9.17, 15) is 5.11 Å². The smallest absolute Gasteiger partial charge is 0.125 e. The molecule has 98 valence electrons. The number of aliphatic hydroxyl groups excluding tert-OH is 1. The summed E-state index contributed by atoms with van der Waals surface area (Å²) >= 11 is 3.41. The van der Waals surface area contributed by atoms with Crippen LogP contribution < -0.4 is 0 Å². The number of furan rings is 1. The van der Waals surface area contributed by atoms with Crippen molar-refractivity contribution in [3.63, 3.8) is 0 Å². The van der Waals surface area contributed by atoms with E-state index in [0.29, 0.717) is 24.6 Å². The highest BCUT2D eigenvalue weighted by Gasteiger charge is 2.22. The Morgan fingerprint density at radius 3 is 3.00 bits per heavy atom. The van der Waals surface area contributed by atoms with Gasteiger partial charge in [-0.05, 0) is 28.9 Å². The molecule has 1 atom stereocenters. The van der Waals surface area contributed by atoms with Crippen molar-refractivity contribution in [2.45, 2.75) is 19.6 Å². The highest BCUT2D eigenvalue weighted by Crippen LogP contribution is 2.30. The third kappa shape index (κ3) is 2.50. The summed E-state index contributed by atoms with van der Waals surface area (Å²) in [5.41, 5.74) is 1.45. The van der Waals surface area contributed by atoms with E-state index in [1.165, 1.54) is 0 Å². The predicted molar refractivity (Wildman–Crippen MR) is 69.3 cm³/mol. The normalized spacial score (nSPS) is 12.9. The van der Waals surface area contributed by atoms with Crippen LogP contribution in [0.4, 0.5) is 0 Å². The molecule has 2 aromatic rings. The summed E-state index contributed by atoms with van der Waals surface area (Å²) in [5, 5.41) is 14.6. The average Bonchev–Trinajstić information content (AvgIpc) is 2.92. The summed E-state index contributed by atoms with van der Waals surface area (Å²) in [6, 6.07) is 1.76. The molecule has 0 aliphatic heterocycles. The minimum Gasteiger partial charge on any atom is -0.469 e. The number of methoxy groups -OCH3 is 1. The molecule has 0 saturated carbocycles. The molecule has 0 spiro atoms. The topological polar surface area (TPSA) is 60.4 Å². The van der Waals surface area contributed by atoms with Crippen LogP contribution in [0.25, 0.3) is 0 Å². The summed E-state index contributed by atoms with van der Waals surface area (Å²) in [6.45, 7) is 2.95. The van der Waals surface area contributed by atoms with Crippen LogP contribution in [0.2, 0.25) is 0 Å². The minimum absolute atomic E-state index is 0.540. The van der Waals surface area contributed by atoms with Gasteiger partial charge in [-0.2, -0.15) is 5.10 Å². The minimum atomic E-state index is -0.766. The molecule has 2 heterocycles. The summed E-state index contributed by atoms with van der Waals surface area (Å²) in [5.74, 6) is 0.703. The molecule has 1 unspecified atom stereocenters. The number of nitrogens with zero attached hydrogens (tertiary/aromatic N) is 2. The van der Waals surface area contributed by atoms with Crippen molar-refractivity contribution in [2.24, 2.45) is 0 Å². The summed E-state index contributed by atoms with van der Waals surface area (Å²) in [7, 11) is 1.63. The second kappa shape index (κ2) is 5.69. The van der Waals surface area contributed by atoms with Crippen LogP contribution in [-0.4, -0.2) is 28.6 Å². The lowest BCUT2D eigenvalue weighted by atomic mass is 10.1. The SMILES string of the molecule is COCCn1ncc(Br)c1C(O)c1ccoc1C. The Hall–Kier alpha value is -1.11. The summed E-state index contributed by atoms with van der Waals surface area (Å²) in [4.78, 5) is 0. The molecule has 0 amide bonds. The number of aliphatic hydroxyl groups is 1. The van der Waals surface area contributed by atoms with E-state index in [-0.39, 0.29) is 0 Å². The molecule has 0 fully saturated rings. The van der Waals surface area contributed by atoms with Gasteiger partial charge in [0.2, 0.25) is 0 Å². The number of hydrogen-bond donors (Lipinski definition) is 1. The zero-order valence-corrected chi connectivity index (χ0v) is 11.8. The van der Waals surface area contributed by atoms with E-state index in [2.05, 4.69) is 21.0 Å². The number of hydrogen-bond acceptors (Lipinski definition) is 4. The molecule has 0 bridgehead atoms. The van der Waals surface area contributed by atoms with Gasteiger partial charge >= 0.3 is 0 Å². The molecular weight excluding hydrogens is 300 g/mol. The van der Waals surface area contributed by atoms with Crippen LogP contribution in [0.15, 0.2) is 27.4 Å². The van der Waals surface area contributed by atoms with E-state index in [4.69, 9.17) is 9.15 Å². The molecular formula is C12H15BrN2O3. The molecule has 2 rings (SSSR count). The molecule has 0 saturated heterocycles. The number of halogens is 1. The largest absolute Gasteiger partial charge is 0.469 e. The zero-order chi connectivity index (χ0) is 13.1. The second-order valence-corrected chi connectivity index (χ2v) is 4.78. The third-order valence-corrected chi connectivity index (χ3v) is 3.40. The average molecular weight is 315 g/mol. The predicted octanol–water partition coefficient (Wildman–Crippen LogP) is 2.28. The lowest BCUT2D eigenvalue weighted by Crippen LogP contribution is -2.13. The van der Waals surface area contributed by atoms with E-state index < -0.39 is 6.10 Å². The molecule has 6 heteroatoms. The fourth-order valence-corrected chi connectivity index (χ4v) is 2.34. The maximum atomic E-state index is 10.4. The Labute approximate surface area is 113 Å². The highest BCUT2D eigenvalue weighted by molar-refractivity contribution is 9.10. The van der Waals surface area contributed by atoms with Gasteiger partial charge in [-0.25, -0.2) is 0 Å². The fourth-order valence-electron chi connectivity index (χ4n) is 1.83. The number of aryl methyl sites for hydroxylation is 1. The van der Waals surface area contributed by atoms with Gasteiger partial charge in [-0.15, -0.1) is 0 Å². The van der Waals surface area contributed by atoms with E-state index >= 15 is 0 Å². The Morgan fingerprint density at radius 2 is 2.39 bits per heavy atom. The molecule has 2 aromatic heterocycles. The van der Waals surface area contributed by atoms with Crippen molar-refractivity contribution < 1.29 is 14.3 Å². The highest BCUT2D eigenvalue weighted by atomic mass is 79.9. The van der Waals surface area contributed by atoms with Crippen molar-refractivity contribution in [1.29, 1.82) is 0 Å². The van der Waals surface area contributed by atoms with Crippen LogP contribution >= 0.6 is 15.9 Å². The van der Waals surface area contributed by atoms with Crippen LogP contribution in [0.1, 0.15) is 23.1 Å². The van der Waals surface area contributed by atoms with Crippen LogP contribution in [0, 0.1) is 6.92 Å². The lowest BCUT2D eigenvalue weighted by Gasteiger charge is -2.13. The first-order valence-electron chi connectivity index (χ1n) is 5.57. The van der Waals surface area contributed by atoms with Gasteiger partial charge < -0.3 is 14.3 Å². The van der Waals surface area contributed by atoms with Crippen LogP contribution in [0.3, 0.4) is 0 Å². The van der Waals surface area contributed by atoms with Crippen LogP contribution in [0.5, 0.6) is 0 Å². The fraction of sp³-hybridized carbons (Fsp3) is 0.417. The third-order valence-electron chi connectivity index (χ3n) is 2.79. The monoisotopic (exact) mass is 314 g/mol. The maximum absolute atomic E-state index is 10.4. The van der Waals surface area contributed by atoms with Gasteiger partial charge in [-0.1, -0.05) is 0 Å². The Kier molecular flexibility index (Phi) is 4.21. The quantitative estimate of drug-likeness (QED) is 0.919. The second-order valence-electron chi connectivity index (χ2n) is 3.93. The van der Waals surface area contributed by atoms with E-state index in [1.54, 1.807) is 30.3 Å². The van der Waals surface area contributed by atoms with Gasteiger partial charge in [0, 0.05) is 12.7 Å². The number of aromatic nitrogens is 2. The summed E-state index contributed by atoms with van der Waals surface area (Å²) < 4.78 is 12.7. The van der Waals surface area contributed by atoms with Crippen molar-refractivity contribution in [2.75, 3.05) is 13.7 Å². The first kappa shape index (κ1) is 13.3. The van der Waals surface area contributed by atoms with Gasteiger partial charge in [0.25, 0.3) is 0 Å². The van der Waals surface area contributed by atoms with Gasteiger partial charge in [0.1, 0.15) is 11.9 Å². The Balaban J connectivity index is 2.32. The zero-order valence-electron chi connectivity index (χ0n) is 10.3. The molecule has 0 radical (unpaired) electrons. The van der Waals surface area contributed by atoms with Gasteiger partial charge in [-0.3, -0.25) is 4.68 Å². The molecule has 5 nitrogen and oxygen atoms in total. The lowest BCUT2D eigenvalue weighted by molar-refractivity contribution is 0.170. The number of ether oxygens (including phenoxy) is 1. The standard InChI is InChI=1S/C12H15BrN2O3/c1-8-9(3-5-18-8)12(16)11-10(13)7-14-15(11)4-6-17-2/h3,5,7,12,16H,4,6H2,1-2H3.